The van der Waals surface area contributed by atoms with E-state index in [0.29, 0.717) is 12.1 Å². The van der Waals surface area contributed by atoms with E-state index in [-0.39, 0.29) is 28.7 Å². The lowest BCUT2D eigenvalue weighted by Crippen LogP contribution is -2.31. The van der Waals surface area contributed by atoms with Gasteiger partial charge in [0, 0.05) is 23.9 Å². The van der Waals surface area contributed by atoms with Crippen LogP contribution in [-0.2, 0) is 16.4 Å². The fourth-order valence-corrected chi connectivity index (χ4v) is 4.63. The van der Waals surface area contributed by atoms with Crippen LogP contribution in [0.2, 0.25) is 0 Å². The summed E-state index contributed by atoms with van der Waals surface area (Å²) < 4.78 is 33.5. The zero-order valence-electron chi connectivity index (χ0n) is 14.5. The Morgan fingerprint density at radius 1 is 1.26 bits per heavy atom. The molecular weight excluding hydrogens is 394 g/mol. The number of halogens is 1. The second-order valence-electron chi connectivity index (χ2n) is 6.12. The van der Waals surface area contributed by atoms with Crippen LogP contribution in [0.3, 0.4) is 0 Å². The molecule has 0 saturated carbocycles. The van der Waals surface area contributed by atoms with Crippen molar-refractivity contribution in [1.29, 1.82) is 0 Å². The van der Waals surface area contributed by atoms with Crippen molar-refractivity contribution in [2.24, 2.45) is 0 Å². The molecule has 0 spiro atoms. The number of nitrogen functional groups attached to an aromatic ring is 1. The average molecular weight is 414 g/mol. The maximum Gasteiger partial charge on any atom is 0.271 e. The number of nitrogens with zero attached hydrogens (tertiary/aromatic N) is 1. The first-order chi connectivity index (χ1) is 12.3. The molecule has 3 N–H and O–H groups in total. The fraction of sp³-hybridized carbons (Fsp3) is 0.294. The molecule has 0 saturated heterocycles. The molecule has 0 heterocycles. The van der Waals surface area contributed by atoms with E-state index >= 15 is 0 Å². The second kappa shape index (κ2) is 8.12. The molecule has 146 valence electrons. The lowest BCUT2D eigenvalue weighted by atomic mass is 9.88. The zero-order valence-corrected chi connectivity index (χ0v) is 16.2. The third-order valence-corrected chi connectivity index (χ3v) is 5.92. The Morgan fingerprint density at radius 3 is 2.67 bits per heavy atom. The number of nitrogens with two attached hydrogens (primary N) is 1. The number of nitrogens with one attached hydrogen (secondary N) is 1. The van der Waals surface area contributed by atoms with Crippen molar-refractivity contribution in [3.05, 3.63) is 57.6 Å². The van der Waals surface area contributed by atoms with Crippen LogP contribution < -0.4 is 15.2 Å². The number of anilines is 1. The van der Waals surface area contributed by atoms with E-state index in [2.05, 4.69) is 4.72 Å². The van der Waals surface area contributed by atoms with Crippen LogP contribution in [0.15, 0.2) is 41.3 Å². The quantitative estimate of drug-likeness (QED) is 0.441. The lowest BCUT2D eigenvalue weighted by Gasteiger charge is -2.26. The number of methoxy groups -OCH3 is 1. The highest BCUT2D eigenvalue weighted by Gasteiger charge is 2.29. The minimum atomic E-state index is -4.02. The highest BCUT2D eigenvalue weighted by molar-refractivity contribution is 7.89. The number of nitro benzene ring substituents is 1. The summed E-state index contributed by atoms with van der Waals surface area (Å²) in [4.78, 5) is 10.1. The number of hydrogen-bond donors (Lipinski definition) is 2. The molecule has 0 radical (unpaired) electrons. The molecule has 1 unspecified atom stereocenters. The molecule has 3 rings (SSSR count). The molecule has 0 amide bonds. The van der Waals surface area contributed by atoms with Gasteiger partial charge in [0.05, 0.1) is 12.0 Å². The SMILES string of the molecule is COc1ccc([N+](=O)[O-])cc1S(=O)(=O)NC1CCCc2cc(N)ccc21.Cl. The molecule has 27 heavy (non-hydrogen) atoms. The number of sulfonamides is 1. The topological polar surface area (TPSA) is 125 Å². The predicted molar refractivity (Wildman–Crippen MR) is 104 cm³/mol. The van der Waals surface area contributed by atoms with Crippen molar-refractivity contribution >= 4 is 33.8 Å². The summed E-state index contributed by atoms with van der Waals surface area (Å²) in [6.45, 7) is 0. The van der Waals surface area contributed by atoms with Gasteiger partial charge in [-0.25, -0.2) is 13.1 Å². The van der Waals surface area contributed by atoms with Crippen molar-refractivity contribution in [3.8, 4) is 5.75 Å². The number of non-ortho nitro benzene ring substituents is 1. The monoisotopic (exact) mass is 413 g/mol. The Bertz CT molecular complexity index is 965. The van der Waals surface area contributed by atoms with Crippen LogP contribution in [0.1, 0.15) is 30.0 Å². The van der Waals surface area contributed by atoms with Crippen LogP contribution in [0.25, 0.3) is 0 Å². The van der Waals surface area contributed by atoms with Gasteiger partial charge in [-0.1, -0.05) is 6.07 Å². The summed E-state index contributed by atoms with van der Waals surface area (Å²) in [7, 11) is -2.70. The van der Waals surface area contributed by atoms with Crippen LogP contribution in [0.5, 0.6) is 5.75 Å². The Kier molecular flexibility index (Phi) is 6.30. The minimum Gasteiger partial charge on any atom is -0.495 e. The van der Waals surface area contributed by atoms with E-state index in [0.717, 1.165) is 30.0 Å². The summed E-state index contributed by atoms with van der Waals surface area (Å²) in [5, 5.41) is 11.0. The molecule has 1 aliphatic carbocycles. The molecule has 0 bridgehead atoms. The van der Waals surface area contributed by atoms with Gasteiger partial charge >= 0.3 is 0 Å². The average Bonchev–Trinajstić information content (AvgIpc) is 2.60. The third-order valence-electron chi connectivity index (χ3n) is 4.43. The van der Waals surface area contributed by atoms with Gasteiger partial charge in [0.25, 0.3) is 5.69 Å². The van der Waals surface area contributed by atoms with E-state index in [1.807, 2.05) is 12.1 Å². The van der Waals surface area contributed by atoms with Gasteiger partial charge < -0.3 is 10.5 Å². The van der Waals surface area contributed by atoms with Crippen molar-refractivity contribution < 1.29 is 18.1 Å². The van der Waals surface area contributed by atoms with Crippen LogP contribution in [0, 0.1) is 10.1 Å². The zero-order chi connectivity index (χ0) is 18.9. The molecular formula is C17H20ClN3O5S. The van der Waals surface area contributed by atoms with Crippen molar-refractivity contribution in [2.75, 3.05) is 12.8 Å². The minimum absolute atomic E-state index is 0. The normalized spacial score (nSPS) is 16.1. The van der Waals surface area contributed by atoms with Gasteiger partial charge in [-0.05, 0) is 48.6 Å². The molecule has 2 aromatic rings. The number of hydrogen-bond acceptors (Lipinski definition) is 6. The van der Waals surface area contributed by atoms with Crippen molar-refractivity contribution in [2.45, 2.75) is 30.2 Å². The predicted octanol–water partition coefficient (Wildman–Crippen LogP) is 2.96. The van der Waals surface area contributed by atoms with E-state index in [1.54, 1.807) is 6.07 Å². The van der Waals surface area contributed by atoms with E-state index in [9.17, 15) is 18.5 Å². The Hall–Kier alpha value is -2.36. The maximum absolute atomic E-state index is 12.9. The molecule has 2 aromatic carbocycles. The summed E-state index contributed by atoms with van der Waals surface area (Å²) in [6, 6.07) is 8.48. The first kappa shape index (κ1) is 20.9. The molecule has 0 aromatic heterocycles. The van der Waals surface area contributed by atoms with Crippen LogP contribution in [0.4, 0.5) is 11.4 Å². The molecule has 1 atom stereocenters. The Balaban J connectivity index is 0.00000261. The maximum atomic E-state index is 12.9. The summed E-state index contributed by atoms with van der Waals surface area (Å²) >= 11 is 0. The highest BCUT2D eigenvalue weighted by Crippen LogP contribution is 2.34. The fourth-order valence-electron chi connectivity index (χ4n) is 3.20. The van der Waals surface area contributed by atoms with Gasteiger partial charge in [-0.15, -0.1) is 12.4 Å². The van der Waals surface area contributed by atoms with Gasteiger partial charge in [-0.3, -0.25) is 10.1 Å². The molecule has 0 fully saturated rings. The summed E-state index contributed by atoms with van der Waals surface area (Å²) in [5.41, 5.74) is 8.01. The molecule has 10 heteroatoms. The third kappa shape index (κ3) is 4.32. The van der Waals surface area contributed by atoms with Gasteiger partial charge in [0.15, 0.2) is 0 Å². The van der Waals surface area contributed by atoms with Crippen molar-refractivity contribution in [1.82, 2.24) is 4.72 Å². The lowest BCUT2D eigenvalue weighted by molar-refractivity contribution is -0.385. The Labute approximate surface area is 163 Å². The largest absolute Gasteiger partial charge is 0.495 e. The van der Waals surface area contributed by atoms with Crippen LogP contribution >= 0.6 is 12.4 Å². The molecule has 0 aliphatic heterocycles. The number of fused-ring (bicyclic) bond motifs is 1. The summed E-state index contributed by atoms with van der Waals surface area (Å²) in [5.74, 6) is 0.0523. The first-order valence-corrected chi connectivity index (χ1v) is 9.53. The van der Waals surface area contributed by atoms with Crippen molar-refractivity contribution in [3.63, 3.8) is 0 Å². The standard InChI is InChI=1S/C17H19N3O5S.ClH/c1-25-16-8-6-13(20(21)22)10-17(16)26(23,24)19-15-4-2-3-11-9-12(18)5-7-14(11)15;/h5-10,15,19H,2-4,18H2,1H3;1H. The number of ether oxygens (including phenoxy) is 1. The first-order valence-electron chi connectivity index (χ1n) is 8.05. The van der Waals surface area contributed by atoms with Gasteiger partial charge in [0.1, 0.15) is 10.6 Å². The van der Waals surface area contributed by atoms with Crippen LogP contribution in [-0.4, -0.2) is 20.5 Å². The van der Waals surface area contributed by atoms with Gasteiger partial charge in [-0.2, -0.15) is 0 Å². The van der Waals surface area contributed by atoms with Gasteiger partial charge in [0.2, 0.25) is 10.0 Å². The number of aryl methyl sites for hydroxylation is 1. The second-order valence-corrected chi connectivity index (χ2v) is 7.80. The highest BCUT2D eigenvalue weighted by atomic mass is 35.5. The number of nitro groups is 1. The van der Waals surface area contributed by atoms with E-state index in [4.69, 9.17) is 10.5 Å². The molecule has 1 aliphatic rings. The smallest absolute Gasteiger partial charge is 0.271 e. The Morgan fingerprint density at radius 2 is 2.00 bits per heavy atom. The number of benzene rings is 2. The van der Waals surface area contributed by atoms with E-state index in [1.165, 1.54) is 19.2 Å². The number of rotatable bonds is 5. The summed E-state index contributed by atoms with van der Waals surface area (Å²) in [6.07, 6.45) is 2.28. The molecule has 8 nitrogen and oxygen atoms in total. The van der Waals surface area contributed by atoms with E-state index < -0.39 is 21.0 Å².